The fraction of sp³-hybridized carbons (Fsp3) is 0.667. The fourth-order valence-corrected chi connectivity index (χ4v) is 14.0. The highest BCUT2D eigenvalue weighted by Gasteiger charge is 2.43. The molecule has 1 rings (SSSR count). The van der Waals surface area contributed by atoms with Crippen molar-refractivity contribution in [3.63, 3.8) is 0 Å². The smallest absolute Gasteiger partial charge is 0.349 e. The summed E-state index contributed by atoms with van der Waals surface area (Å²) in [5, 5.41) is 0. The molecule has 0 saturated carbocycles. The van der Waals surface area contributed by atoms with Gasteiger partial charge < -0.3 is 55.6 Å². The van der Waals surface area contributed by atoms with Gasteiger partial charge >= 0.3 is 23.0 Å². The monoisotopic (exact) mass is 825 g/mol. The summed E-state index contributed by atoms with van der Waals surface area (Å²) in [6.45, 7) is 26.3. The molecule has 0 aromatic heterocycles. The molecule has 54 heavy (non-hydrogen) atoms. The Kier molecular flexibility index (Phi) is 31.3. The van der Waals surface area contributed by atoms with Gasteiger partial charge in [0.15, 0.2) is 0 Å². The Hall–Kier alpha value is -2.31. The summed E-state index contributed by atoms with van der Waals surface area (Å²) >= 11 is 0. The van der Waals surface area contributed by atoms with Crippen LogP contribution in [0.2, 0.25) is 0 Å². The normalized spacial score (nSPS) is 14.9. The van der Waals surface area contributed by atoms with Gasteiger partial charge in [-0.2, -0.15) is 0 Å². The minimum absolute atomic E-state index is 0.274. The van der Waals surface area contributed by atoms with Crippen LogP contribution in [0.1, 0.15) is 77.0 Å². The molecular formula is C36H66N3O12P3. The first kappa shape index (κ1) is 49.7. The van der Waals surface area contributed by atoms with E-state index < -0.39 is 23.0 Å². The van der Waals surface area contributed by atoms with Crippen LogP contribution in [-0.2, 0) is 55.6 Å². The molecule has 0 spiro atoms. The lowest BCUT2D eigenvalue weighted by Gasteiger charge is -2.33. The van der Waals surface area contributed by atoms with Crippen molar-refractivity contribution in [3.05, 3.63) is 77.0 Å². The van der Waals surface area contributed by atoms with E-state index in [2.05, 4.69) is 39.5 Å². The van der Waals surface area contributed by atoms with E-state index in [4.69, 9.17) is 69.1 Å². The van der Waals surface area contributed by atoms with Crippen LogP contribution in [0.4, 0.5) is 0 Å². The summed E-state index contributed by atoms with van der Waals surface area (Å²) in [7, 11) is -10.6. The zero-order chi connectivity index (χ0) is 39.3. The van der Waals surface area contributed by atoms with Gasteiger partial charge in [-0.15, -0.1) is 13.5 Å². The van der Waals surface area contributed by atoms with Crippen LogP contribution >= 0.6 is 23.0 Å². The summed E-state index contributed by atoms with van der Waals surface area (Å²) in [5.74, 6) is 0. The first-order valence-corrected chi connectivity index (χ1v) is 23.2. The van der Waals surface area contributed by atoms with Gasteiger partial charge in [0.2, 0.25) is 0 Å². The topological polar surface area (TPSA) is 148 Å². The Labute approximate surface area is 324 Å². The van der Waals surface area contributed by atoms with Gasteiger partial charge in [0.25, 0.3) is 0 Å². The van der Waals surface area contributed by atoms with E-state index in [0.29, 0.717) is 78.2 Å². The quantitative estimate of drug-likeness (QED) is 0.0328. The van der Waals surface area contributed by atoms with Crippen LogP contribution in [0, 0.1) is 0 Å². The van der Waals surface area contributed by atoms with Gasteiger partial charge in [-0.25, -0.2) is 0 Å². The summed E-state index contributed by atoms with van der Waals surface area (Å²) < 4.78 is 87.0. The van der Waals surface area contributed by atoms with E-state index in [9.17, 15) is 0 Å². The molecule has 0 bridgehead atoms. The van der Waals surface area contributed by atoms with Crippen molar-refractivity contribution in [2.24, 2.45) is 13.5 Å². The van der Waals surface area contributed by atoms with Gasteiger partial charge in [0.05, 0.1) is 117 Å². The number of rotatable bonds is 42. The van der Waals surface area contributed by atoms with Crippen molar-refractivity contribution < 1.29 is 55.6 Å². The second-order valence-electron chi connectivity index (χ2n) is 11.2. The summed E-state index contributed by atoms with van der Waals surface area (Å²) in [6.07, 6.45) is 16.7. The van der Waals surface area contributed by atoms with Crippen molar-refractivity contribution >= 4 is 23.0 Å². The van der Waals surface area contributed by atoms with E-state index in [1.165, 1.54) is 37.6 Å². The predicted molar refractivity (Wildman–Crippen MR) is 216 cm³/mol. The van der Waals surface area contributed by atoms with Crippen LogP contribution in [0.5, 0.6) is 0 Å². The van der Waals surface area contributed by atoms with E-state index in [1.54, 1.807) is 0 Å². The number of nitrogens with zero attached hydrogens (tertiary/aromatic N) is 3. The second-order valence-corrected chi connectivity index (χ2v) is 17.8. The van der Waals surface area contributed by atoms with E-state index >= 15 is 0 Å². The lowest BCUT2D eigenvalue weighted by Crippen LogP contribution is -2.08. The number of hydrogen-bond acceptors (Lipinski definition) is 15. The molecule has 0 unspecified atom stereocenters. The average molecular weight is 826 g/mol. The van der Waals surface area contributed by atoms with Gasteiger partial charge in [-0.3, -0.25) is 0 Å². The van der Waals surface area contributed by atoms with Crippen LogP contribution < -0.4 is 0 Å². The average Bonchev–Trinajstić information content (AvgIpc) is 3.17. The molecule has 0 saturated heterocycles. The first-order chi connectivity index (χ1) is 26.5. The molecular weight excluding hydrogens is 759 g/mol. The standard InChI is InChI=1S/C36H66N3O12P3/c1-7-40-25-13-19-31-46-52(47-32-20-14-26-41-8-2)37-53(48-33-21-15-27-42-9-3,49-34-22-16-28-43-10-4)39-54(38-52,50-35-23-17-29-44-11-5)51-36-24-18-30-45-12-6/h7-12H,1-6,13-36H2. The molecule has 1 aliphatic heterocycles. The molecule has 0 atom stereocenters. The van der Waals surface area contributed by atoms with Crippen molar-refractivity contribution in [2.45, 2.75) is 77.0 Å². The highest BCUT2D eigenvalue weighted by Crippen LogP contribution is 2.80. The minimum atomic E-state index is -3.53. The van der Waals surface area contributed by atoms with Crippen LogP contribution in [0.15, 0.2) is 90.6 Å². The number of hydrogen-bond donors (Lipinski definition) is 0. The third kappa shape index (κ3) is 24.3. The number of unbranched alkanes of at least 4 members (excludes halogenated alkanes) is 6. The zero-order valence-corrected chi connectivity index (χ0v) is 34.9. The first-order valence-electron chi connectivity index (χ1n) is 18.6. The highest BCUT2D eigenvalue weighted by atomic mass is 31.3. The predicted octanol–water partition coefficient (Wildman–Crippen LogP) is 11.6. The summed E-state index contributed by atoms with van der Waals surface area (Å²) in [6, 6.07) is 0. The minimum Gasteiger partial charge on any atom is -0.502 e. The van der Waals surface area contributed by atoms with Crippen LogP contribution in [0.25, 0.3) is 0 Å². The summed E-state index contributed by atoms with van der Waals surface area (Å²) in [4.78, 5) is 0. The molecule has 312 valence electrons. The Morgan fingerprint density at radius 3 is 0.556 bits per heavy atom. The molecule has 1 aliphatic rings. The Morgan fingerprint density at radius 1 is 0.259 bits per heavy atom. The molecule has 15 nitrogen and oxygen atoms in total. The van der Waals surface area contributed by atoms with Crippen molar-refractivity contribution in [1.29, 1.82) is 0 Å². The molecule has 0 N–H and O–H groups in total. The molecule has 0 amide bonds. The van der Waals surface area contributed by atoms with Crippen molar-refractivity contribution in [3.8, 4) is 0 Å². The molecule has 0 radical (unpaired) electrons. The zero-order valence-electron chi connectivity index (χ0n) is 32.3. The second kappa shape index (κ2) is 34.0. The molecule has 1 heterocycles. The molecule has 0 aromatic carbocycles. The van der Waals surface area contributed by atoms with E-state index in [0.717, 1.165) is 38.5 Å². The van der Waals surface area contributed by atoms with Crippen LogP contribution in [-0.4, -0.2) is 79.3 Å². The molecule has 18 heteroatoms. The molecule has 0 fully saturated rings. The van der Waals surface area contributed by atoms with Crippen molar-refractivity contribution in [2.75, 3.05) is 79.3 Å². The van der Waals surface area contributed by atoms with E-state index in [-0.39, 0.29) is 39.6 Å². The molecule has 0 aliphatic carbocycles. The highest BCUT2D eigenvalue weighted by molar-refractivity contribution is 7.78. The lowest BCUT2D eigenvalue weighted by molar-refractivity contribution is 0.186. The van der Waals surface area contributed by atoms with E-state index in [1.807, 2.05) is 0 Å². The maximum atomic E-state index is 6.60. The van der Waals surface area contributed by atoms with Gasteiger partial charge in [0, 0.05) is 0 Å². The van der Waals surface area contributed by atoms with Crippen LogP contribution in [0.3, 0.4) is 0 Å². The maximum absolute atomic E-state index is 6.60. The summed E-state index contributed by atoms with van der Waals surface area (Å²) in [5.41, 5.74) is 0. The largest absolute Gasteiger partial charge is 0.502 e. The van der Waals surface area contributed by atoms with Crippen molar-refractivity contribution in [1.82, 2.24) is 0 Å². The SMILES string of the molecule is C=COCCCCOP1(OCCCCOC=C)=NP(OCCCCOC=C)(OCCCCOC=C)=NP(OCCCCOC=C)(OCCCCOC=C)=N1. The third-order valence-corrected chi connectivity index (χ3v) is 15.4. The van der Waals surface area contributed by atoms with Gasteiger partial charge in [0.1, 0.15) is 0 Å². The third-order valence-electron chi connectivity index (χ3n) is 6.88. The fourth-order valence-electron chi connectivity index (χ4n) is 4.23. The Morgan fingerprint density at radius 2 is 0.407 bits per heavy atom. The number of ether oxygens (including phenoxy) is 6. The van der Waals surface area contributed by atoms with Gasteiger partial charge in [-0.1, -0.05) is 39.5 Å². The Bertz CT molecular complexity index is 973. The molecule has 0 aromatic rings. The van der Waals surface area contributed by atoms with Gasteiger partial charge in [-0.05, 0) is 77.0 Å². The lowest BCUT2D eigenvalue weighted by atomic mass is 10.3. The Balaban J connectivity index is 3.75. The maximum Gasteiger partial charge on any atom is 0.349 e.